The van der Waals surface area contributed by atoms with Gasteiger partial charge in [-0.1, -0.05) is 26.0 Å². The molecule has 8 heteroatoms. The molecule has 0 radical (unpaired) electrons. The molecule has 4 aromatic rings. The molecule has 0 aliphatic rings. The summed E-state index contributed by atoms with van der Waals surface area (Å²) < 4.78 is 30.4. The number of halogens is 2. The molecule has 0 bridgehead atoms. The van der Waals surface area contributed by atoms with E-state index in [-0.39, 0.29) is 17.1 Å². The van der Waals surface area contributed by atoms with Gasteiger partial charge in [0.15, 0.2) is 5.78 Å². The minimum Gasteiger partial charge on any atom is -0.505 e. The zero-order valence-corrected chi connectivity index (χ0v) is 18.8. The Hall–Kier alpha value is -3.68. The number of hydrogen-bond donors (Lipinski definition) is 0. The molecule has 0 N–H and O–H groups in total. The number of aromatic nitrogens is 2. The van der Waals surface area contributed by atoms with E-state index < -0.39 is 7.47 Å². The second-order valence-electron chi connectivity index (χ2n) is 8.20. The highest BCUT2D eigenvalue weighted by atomic mass is 19.2. The number of aliphatic imine (C=N–C) groups is 1. The fourth-order valence-electron chi connectivity index (χ4n) is 3.53. The number of ketones is 1. The first-order valence-electron chi connectivity index (χ1n) is 10.6. The maximum absolute atomic E-state index is 12.9. The Morgan fingerprint density at radius 3 is 2.39 bits per heavy atom. The largest absolute Gasteiger partial charge is 0.796 e. The van der Waals surface area contributed by atoms with Crippen LogP contribution in [0.15, 0.2) is 53.5 Å². The van der Waals surface area contributed by atoms with E-state index in [9.17, 15) is 13.4 Å². The minimum atomic E-state index is -3.01. The zero-order chi connectivity index (χ0) is 23.7. The van der Waals surface area contributed by atoms with Gasteiger partial charge in [0.1, 0.15) is 5.75 Å². The third-order valence-electron chi connectivity index (χ3n) is 5.42. The Balaban J connectivity index is 1.75. The van der Waals surface area contributed by atoms with Crippen LogP contribution in [0, 0.1) is 6.92 Å². The van der Waals surface area contributed by atoms with Gasteiger partial charge >= 0.3 is 7.47 Å². The standard InChI is InChI=1S/C25H22BF2N3O2/c1-14(2)17-7-8-20-23(10-17)31-24-12-21(15(3)9-22(24)30-20)29-13-19-6-5-18(16(4)32)11-25(19)33-26(27)28/h5-14H,1-4H3. The predicted octanol–water partition coefficient (Wildman–Crippen LogP) is 6.47. The number of hydrogen-bond acceptors (Lipinski definition) is 5. The summed E-state index contributed by atoms with van der Waals surface area (Å²) >= 11 is 0. The van der Waals surface area contributed by atoms with Gasteiger partial charge in [-0.15, -0.1) is 0 Å². The quantitative estimate of drug-likeness (QED) is 0.148. The molecule has 0 saturated carbocycles. The highest BCUT2D eigenvalue weighted by Gasteiger charge is 2.20. The molecule has 33 heavy (non-hydrogen) atoms. The molecule has 5 nitrogen and oxygen atoms in total. The SMILES string of the molecule is CC(=O)c1ccc(C=Nc2cc3nc4cc(C(C)C)ccc4nc3cc2C)c(OB(F)F)c1. The van der Waals surface area contributed by atoms with Crippen LogP contribution in [0.25, 0.3) is 22.1 Å². The van der Waals surface area contributed by atoms with Gasteiger partial charge in [-0.25, -0.2) is 18.6 Å². The lowest BCUT2D eigenvalue weighted by molar-refractivity contribution is 0.101. The van der Waals surface area contributed by atoms with Crippen molar-refractivity contribution in [2.24, 2.45) is 4.99 Å². The van der Waals surface area contributed by atoms with Crippen LogP contribution in [0.5, 0.6) is 5.75 Å². The van der Waals surface area contributed by atoms with Gasteiger partial charge in [-0.2, -0.15) is 0 Å². The summed E-state index contributed by atoms with van der Waals surface area (Å²) in [5.74, 6) is 0.0328. The van der Waals surface area contributed by atoms with Crippen LogP contribution in [-0.2, 0) is 0 Å². The van der Waals surface area contributed by atoms with Crippen LogP contribution in [0.2, 0.25) is 0 Å². The summed E-state index contributed by atoms with van der Waals surface area (Å²) in [4.78, 5) is 25.6. The van der Waals surface area contributed by atoms with Gasteiger partial charge in [0.25, 0.3) is 0 Å². The Morgan fingerprint density at radius 1 is 1.00 bits per heavy atom. The summed E-state index contributed by atoms with van der Waals surface area (Å²) in [5.41, 5.74) is 6.38. The Morgan fingerprint density at radius 2 is 1.70 bits per heavy atom. The number of aryl methyl sites for hydroxylation is 1. The molecular formula is C25H22BF2N3O2. The summed E-state index contributed by atoms with van der Waals surface area (Å²) in [7, 11) is -3.01. The normalized spacial score (nSPS) is 11.6. The maximum atomic E-state index is 12.9. The molecular weight excluding hydrogens is 423 g/mol. The van der Waals surface area contributed by atoms with Crippen molar-refractivity contribution in [3.63, 3.8) is 0 Å². The van der Waals surface area contributed by atoms with E-state index in [4.69, 9.17) is 9.97 Å². The first kappa shape index (κ1) is 22.5. The van der Waals surface area contributed by atoms with Crippen LogP contribution < -0.4 is 4.65 Å². The van der Waals surface area contributed by atoms with Crippen molar-refractivity contribution < 1.29 is 18.1 Å². The van der Waals surface area contributed by atoms with Crippen LogP contribution in [0.1, 0.15) is 53.7 Å². The molecule has 0 atom stereocenters. The van der Waals surface area contributed by atoms with E-state index in [0.29, 0.717) is 22.7 Å². The Bertz CT molecular complexity index is 1400. The van der Waals surface area contributed by atoms with Crippen molar-refractivity contribution in [1.82, 2.24) is 9.97 Å². The third kappa shape index (κ3) is 4.90. The average molecular weight is 445 g/mol. The molecule has 4 rings (SSSR count). The smallest absolute Gasteiger partial charge is 0.505 e. The number of carbonyl (C=O) groups excluding carboxylic acids is 1. The molecule has 1 aromatic heterocycles. The number of rotatable bonds is 6. The van der Waals surface area contributed by atoms with E-state index >= 15 is 0 Å². The van der Waals surface area contributed by atoms with Crippen molar-refractivity contribution in [2.75, 3.05) is 0 Å². The first-order valence-corrected chi connectivity index (χ1v) is 10.6. The summed E-state index contributed by atoms with van der Waals surface area (Å²) in [6.45, 7) is 7.51. The molecule has 0 amide bonds. The minimum absolute atomic E-state index is 0.105. The van der Waals surface area contributed by atoms with E-state index in [0.717, 1.165) is 22.1 Å². The molecule has 1 heterocycles. The number of benzene rings is 3. The summed E-state index contributed by atoms with van der Waals surface area (Å²) in [5, 5.41) is 0. The third-order valence-corrected chi connectivity index (χ3v) is 5.42. The Labute approximate surface area is 190 Å². The van der Waals surface area contributed by atoms with Gasteiger partial charge in [-0.3, -0.25) is 9.79 Å². The van der Waals surface area contributed by atoms with E-state index in [1.54, 1.807) is 6.07 Å². The van der Waals surface area contributed by atoms with Crippen LogP contribution in [-0.4, -0.2) is 29.4 Å². The molecule has 3 aromatic carbocycles. The lowest BCUT2D eigenvalue weighted by Gasteiger charge is -2.09. The van der Waals surface area contributed by atoms with Crippen LogP contribution in [0.4, 0.5) is 14.3 Å². The zero-order valence-electron chi connectivity index (χ0n) is 18.8. The highest BCUT2D eigenvalue weighted by molar-refractivity contribution is 6.35. The maximum Gasteiger partial charge on any atom is 0.796 e. The predicted molar refractivity (Wildman–Crippen MR) is 128 cm³/mol. The molecule has 0 aliphatic carbocycles. The lowest BCUT2D eigenvalue weighted by atomic mass is 10.0. The first-order chi connectivity index (χ1) is 15.7. The molecule has 0 spiro atoms. The molecule has 0 unspecified atom stereocenters. The van der Waals surface area contributed by atoms with Crippen molar-refractivity contribution in [3.05, 3.63) is 70.8 Å². The lowest BCUT2D eigenvalue weighted by Crippen LogP contribution is -2.10. The van der Waals surface area contributed by atoms with Crippen LogP contribution in [0.3, 0.4) is 0 Å². The second-order valence-corrected chi connectivity index (χ2v) is 8.20. The second kappa shape index (κ2) is 9.06. The topological polar surface area (TPSA) is 64.4 Å². The fraction of sp³-hybridized carbons (Fsp3) is 0.200. The molecule has 0 aliphatic heterocycles. The number of nitrogens with zero attached hydrogens (tertiary/aromatic N) is 3. The van der Waals surface area contributed by atoms with Crippen molar-refractivity contribution in [3.8, 4) is 5.75 Å². The fourth-order valence-corrected chi connectivity index (χ4v) is 3.53. The number of carbonyl (C=O) groups is 1. The summed E-state index contributed by atoms with van der Waals surface area (Å²) in [6, 6.07) is 14.2. The van der Waals surface area contributed by atoms with Crippen molar-refractivity contribution in [1.29, 1.82) is 0 Å². The van der Waals surface area contributed by atoms with Gasteiger partial charge in [-0.05, 0) is 67.3 Å². The van der Waals surface area contributed by atoms with E-state index in [1.807, 2.05) is 31.2 Å². The number of fused-ring (bicyclic) bond motifs is 2. The monoisotopic (exact) mass is 445 g/mol. The van der Waals surface area contributed by atoms with Gasteiger partial charge in [0, 0.05) is 17.3 Å². The average Bonchev–Trinajstić information content (AvgIpc) is 2.76. The van der Waals surface area contributed by atoms with Gasteiger partial charge in [0.2, 0.25) is 0 Å². The Kier molecular flexibility index (Phi) is 6.18. The van der Waals surface area contributed by atoms with Crippen molar-refractivity contribution >= 4 is 47.2 Å². The van der Waals surface area contributed by atoms with E-state index in [1.165, 1.54) is 30.8 Å². The van der Waals surface area contributed by atoms with Gasteiger partial charge in [0.05, 0.1) is 27.8 Å². The van der Waals surface area contributed by atoms with Gasteiger partial charge < -0.3 is 4.65 Å². The van der Waals surface area contributed by atoms with Crippen LogP contribution >= 0.6 is 0 Å². The van der Waals surface area contributed by atoms with E-state index in [2.05, 4.69) is 29.6 Å². The number of Topliss-reactive ketones (excluding diaryl/α,β-unsaturated/α-hetero) is 1. The van der Waals surface area contributed by atoms with Crippen molar-refractivity contribution in [2.45, 2.75) is 33.6 Å². The molecule has 0 saturated heterocycles. The molecule has 166 valence electrons. The summed E-state index contributed by atoms with van der Waals surface area (Å²) in [6.07, 6.45) is 1.45. The molecule has 0 fully saturated rings. The highest BCUT2D eigenvalue weighted by Crippen LogP contribution is 2.28.